The Morgan fingerprint density at radius 1 is 1.30 bits per heavy atom. The molecule has 0 aromatic heterocycles. The fraction of sp³-hybridized carbons (Fsp3) is 0.938. The zero-order valence-electron chi connectivity index (χ0n) is 13.8. The Hall–Kier alpha value is -0.220. The van der Waals surface area contributed by atoms with Crippen LogP contribution in [-0.2, 0) is 4.79 Å². The van der Waals surface area contributed by atoms with Crippen LogP contribution in [-0.4, -0.2) is 40.6 Å². The maximum absolute atomic E-state index is 12.7. The van der Waals surface area contributed by atoms with E-state index in [1.165, 1.54) is 0 Å². The molecule has 3 nitrogen and oxygen atoms in total. The third-order valence-electron chi connectivity index (χ3n) is 4.36. The molecule has 1 aliphatic rings. The molecule has 0 radical (unpaired) electrons. The predicted molar refractivity (Wildman–Crippen MR) is 89.0 cm³/mol. The zero-order chi connectivity index (χ0) is 15.1. The van der Waals surface area contributed by atoms with Crippen LogP contribution < -0.4 is 5.32 Å². The first-order valence-electron chi connectivity index (χ1n) is 8.22. The van der Waals surface area contributed by atoms with Gasteiger partial charge in [0.1, 0.15) is 0 Å². The number of nitrogens with zero attached hydrogens (tertiary/aromatic N) is 1. The van der Waals surface area contributed by atoms with E-state index < -0.39 is 0 Å². The van der Waals surface area contributed by atoms with Gasteiger partial charge in [-0.1, -0.05) is 40.5 Å². The van der Waals surface area contributed by atoms with Crippen molar-refractivity contribution < 1.29 is 4.79 Å². The van der Waals surface area contributed by atoms with E-state index in [1.807, 2.05) is 11.8 Å². The van der Waals surface area contributed by atoms with Crippen molar-refractivity contribution in [2.75, 3.05) is 11.5 Å². The Morgan fingerprint density at radius 3 is 2.55 bits per heavy atom. The third-order valence-corrected chi connectivity index (χ3v) is 5.29. The summed E-state index contributed by atoms with van der Waals surface area (Å²) in [6, 6.07) is 0.373. The average molecular weight is 301 g/mol. The highest BCUT2D eigenvalue weighted by atomic mass is 32.2. The number of carbonyl (C=O) groups excluding carboxylic acids is 1. The van der Waals surface area contributed by atoms with Crippen molar-refractivity contribution in [3.8, 4) is 0 Å². The minimum Gasteiger partial charge on any atom is -0.323 e. The molecule has 0 aliphatic carbocycles. The molecule has 0 saturated carbocycles. The summed E-state index contributed by atoms with van der Waals surface area (Å²) < 4.78 is 0. The lowest BCUT2D eigenvalue weighted by atomic mass is 9.99. The molecule has 1 N–H and O–H groups in total. The summed E-state index contributed by atoms with van der Waals surface area (Å²) in [7, 11) is 0. The summed E-state index contributed by atoms with van der Waals surface area (Å²) in [5.74, 6) is 3.05. The topological polar surface area (TPSA) is 32.3 Å². The summed E-state index contributed by atoms with van der Waals surface area (Å²) in [5.41, 5.74) is 0. The molecule has 4 atom stereocenters. The number of hydrogen-bond donors (Lipinski definition) is 1. The summed E-state index contributed by atoms with van der Waals surface area (Å²) in [6.45, 7) is 10.9. The van der Waals surface area contributed by atoms with Gasteiger partial charge in [0.15, 0.2) is 0 Å². The highest BCUT2D eigenvalue weighted by molar-refractivity contribution is 7.99. The molecule has 4 heteroatoms. The maximum Gasteiger partial charge on any atom is 0.241 e. The van der Waals surface area contributed by atoms with Crippen LogP contribution in [0.1, 0.15) is 60.3 Å². The second kappa shape index (κ2) is 8.93. The second-order valence-corrected chi connectivity index (χ2v) is 7.31. The molecule has 4 unspecified atom stereocenters. The fourth-order valence-electron chi connectivity index (χ4n) is 2.87. The number of thioether (sulfide) groups is 1. The molecule has 0 aromatic rings. The Morgan fingerprint density at radius 2 is 2.00 bits per heavy atom. The van der Waals surface area contributed by atoms with Crippen molar-refractivity contribution in [3.05, 3.63) is 0 Å². The smallest absolute Gasteiger partial charge is 0.241 e. The SMILES string of the molecule is CCCC1NC(C(C)CC)C(=O)N1C(C)CCSCC. The van der Waals surface area contributed by atoms with E-state index in [-0.39, 0.29) is 12.2 Å². The summed E-state index contributed by atoms with van der Waals surface area (Å²) in [4.78, 5) is 14.9. The molecule has 1 amide bonds. The molecule has 1 fully saturated rings. The molecule has 118 valence electrons. The molecule has 0 aromatic carbocycles. The minimum absolute atomic E-state index is 0.0258. The van der Waals surface area contributed by atoms with Gasteiger partial charge in [0.25, 0.3) is 0 Å². The number of rotatable bonds is 9. The first-order valence-corrected chi connectivity index (χ1v) is 9.38. The van der Waals surface area contributed by atoms with Crippen molar-refractivity contribution in [2.45, 2.75) is 78.6 Å². The van der Waals surface area contributed by atoms with Gasteiger partial charge in [0.05, 0.1) is 12.2 Å². The Bertz CT molecular complexity index is 298. The number of nitrogens with one attached hydrogen (secondary N) is 1. The molecule has 0 bridgehead atoms. The lowest BCUT2D eigenvalue weighted by Gasteiger charge is -2.30. The van der Waals surface area contributed by atoms with E-state index in [1.54, 1.807) is 0 Å². The van der Waals surface area contributed by atoms with Crippen LogP contribution in [0.2, 0.25) is 0 Å². The van der Waals surface area contributed by atoms with Gasteiger partial charge in [-0.05, 0) is 37.2 Å². The van der Waals surface area contributed by atoms with E-state index in [0.29, 0.717) is 17.9 Å². The largest absolute Gasteiger partial charge is 0.323 e. The lowest BCUT2D eigenvalue weighted by molar-refractivity contribution is -0.132. The standard InChI is InChI=1S/C16H32N2OS/c1-6-9-14-17-15(12(4)7-2)16(19)18(14)13(5)10-11-20-8-3/h12-15,17H,6-11H2,1-5H3. The van der Waals surface area contributed by atoms with Crippen LogP contribution in [0.4, 0.5) is 0 Å². The third kappa shape index (κ3) is 4.39. The molecule has 1 heterocycles. The van der Waals surface area contributed by atoms with Gasteiger partial charge in [0.2, 0.25) is 5.91 Å². The Labute approximate surface area is 129 Å². The molecular formula is C16H32N2OS. The first-order chi connectivity index (χ1) is 9.56. The van der Waals surface area contributed by atoms with E-state index >= 15 is 0 Å². The highest BCUT2D eigenvalue weighted by Crippen LogP contribution is 2.25. The number of amides is 1. The van der Waals surface area contributed by atoms with Crippen LogP contribution in [0.25, 0.3) is 0 Å². The lowest BCUT2D eigenvalue weighted by Crippen LogP contribution is -2.43. The summed E-state index contributed by atoms with van der Waals surface area (Å²) >= 11 is 1.96. The van der Waals surface area contributed by atoms with Crippen molar-refractivity contribution in [1.29, 1.82) is 0 Å². The van der Waals surface area contributed by atoms with Gasteiger partial charge in [-0.3, -0.25) is 10.1 Å². The number of carbonyl (C=O) groups is 1. The zero-order valence-corrected chi connectivity index (χ0v) is 14.6. The summed E-state index contributed by atoms with van der Waals surface area (Å²) in [6.07, 6.45) is 4.57. The first kappa shape index (κ1) is 17.8. The van der Waals surface area contributed by atoms with E-state index in [9.17, 15) is 4.79 Å². The van der Waals surface area contributed by atoms with Gasteiger partial charge in [-0.15, -0.1) is 0 Å². The van der Waals surface area contributed by atoms with Gasteiger partial charge in [0, 0.05) is 6.04 Å². The molecule has 0 spiro atoms. The Balaban J connectivity index is 2.70. The van der Waals surface area contributed by atoms with Gasteiger partial charge < -0.3 is 4.90 Å². The molecular weight excluding hydrogens is 268 g/mol. The Kier molecular flexibility index (Phi) is 7.96. The minimum atomic E-state index is 0.0258. The molecule has 1 aliphatic heterocycles. The highest BCUT2D eigenvalue weighted by Gasteiger charge is 2.42. The quantitative estimate of drug-likeness (QED) is 0.662. The second-order valence-electron chi connectivity index (χ2n) is 5.91. The molecule has 20 heavy (non-hydrogen) atoms. The van der Waals surface area contributed by atoms with E-state index in [4.69, 9.17) is 0 Å². The van der Waals surface area contributed by atoms with E-state index in [0.717, 1.165) is 37.2 Å². The van der Waals surface area contributed by atoms with Crippen molar-refractivity contribution in [1.82, 2.24) is 10.2 Å². The van der Waals surface area contributed by atoms with Crippen LogP contribution >= 0.6 is 11.8 Å². The van der Waals surface area contributed by atoms with Crippen molar-refractivity contribution in [2.24, 2.45) is 5.92 Å². The molecule has 1 rings (SSSR count). The van der Waals surface area contributed by atoms with Crippen LogP contribution in [0.3, 0.4) is 0 Å². The summed E-state index contributed by atoms with van der Waals surface area (Å²) in [5, 5.41) is 3.58. The monoisotopic (exact) mass is 300 g/mol. The normalized spacial score (nSPS) is 26.1. The van der Waals surface area contributed by atoms with Crippen LogP contribution in [0, 0.1) is 5.92 Å². The van der Waals surface area contributed by atoms with Gasteiger partial charge in [-0.25, -0.2) is 0 Å². The van der Waals surface area contributed by atoms with E-state index in [2.05, 4.69) is 44.8 Å². The predicted octanol–water partition coefficient (Wildman–Crippen LogP) is 3.49. The number of hydrogen-bond acceptors (Lipinski definition) is 3. The van der Waals surface area contributed by atoms with Gasteiger partial charge in [-0.2, -0.15) is 11.8 Å². The van der Waals surface area contributed by atoms with Gasteiger partial charge >= 0.3 is 0 Å². The van der Waals surface area contributed by atoms with Crippen molar-refractivity contribution in [3.63, 3.8) is 0 Å². The van der Waals surface area contributed by atoms with Crippen molar-refractivity contribution >= 4 is 17.7 Å². The van der Waals surface area contributed by atoms with Crippen LogP contribution in [0.15, 0.2) is 0 Å². The maximum atomic E-state index is 12.7. The van der Waals surface area contributed by atoms with Crippen LogP contribution in [0.5, 0.6) is 0 Å². The fourth-order valence-corrected chi connectivity index (χ4v) is 3.67. The average Bonchev–Trinajstić information content (AvgIpc) is 2.75. The molecule has 1 saturated heterocycles.